The number of aryl methyl sites for hydroxylation is 1. The number of hydrogen-bond acceptors (Lipinski definition) is 5. The number of fused-ring (bicyclic) bond motifs is 1. The van der Waals surface area contributed by atoms with Crippen molar-refractivity contribution in [1.29, 1.82) is 0 Å². The highest BCUT2D eigenvalue weighted by Crippen LogP contribution is 2.29. The first kappa shape index (κ1) is 14.9. The van der Waals surface area contributed by atoms with E-state index in [0.717, 1.165) is 5.56 Å². The second-order valence-electron chi connectivity index (χ2n) is 4.96. The molecule has 0 aliphatic rings. The second kappa shape index (κ2) is 6.00. The first-order valence-corrected chi connectivity index (χ1v) is 6.97. The van der Waals surface area contributed by atoms with Crippen LogP contribution in [0.5, 0.6) is 11.6 Å². The summed E-state index contributed by atoms with van der Waals surface area (Å²) in [5.74, 6) is 0.400. The van der Waals surface area contributed by atoms with E-state index in [2.05, 4.69) is 4.98 Å². The van der Waals surface area contributed by atoms with Crippen molar-refractivity contribution < 1.29 is 23.8 Å². The Kier molecular flexibility index (Phi) is 3.89. The van der Waals surface area contributed by atoms with E-state index in [1.54, 1.807) is 44.5 Å². The summed E-state index contributed by atoms with van der Waals surface area (Å²) in [6, 6.07) is 8.75. The predicted molar refractivity (Wildman–Crippen MR) is 83.0 cm³/mol. The van der Waals surface area contributed by atoms with E-state index < -0.39 is 5.97 Å². The fourth-order valence-electron chi connectivity index (χ4n) is 2.43. The number of ether oxygens (including phenoxy) is 2. The van der Waals surface area contributed by atoms with Gasteiger partial charge >= 0.3 is 5.97 Å². The number of pyridine rings is 1. The molecular formula is C17H15NO5. The smallest absolute Gasteiger partial charge is 0.339 e. The van der Waals surface area contributed by atoms with Gasteiger partial charge in [-0.15, -0.1) is 0 Å². The molecule has 23 heavy (non-hydrogen) atoms. The first-order valence-electron chi connectivity index (χ1n) is 6.97. The first-order chi connectivity index (χ1) is 11.1. The number of nitrogens with zero attached hydrogens (tertiary/aromatic N) is 1. The lowest BCUT2D eigenvalue weighted by molar-refractivity contribution is 0.0697. The molecule has 0 bridgehead atoms. The number of carbonyl (C=O) groups is 1. The Bertz CT molecular complexity index is 869. The lowest BCUT2D eigenvalue weighted by atomic mass is 10.1. The van der Waals surface area contributed by atoms with Gasteiger partial charge in [0.2, 0.25) is 5.88 Å². The van der Waals surface area contributed by atoms with Crippen molar-refractivity contribution in [3.63, 3.8) is 0 Å². The number of aromatic carboxylic acids is 1. The van der Waals surface area contributed by atoms with Crippen LogP contribution < -0.4 is 9.47 Å². The van der Waals surface area contributed by atoms with Crippen LogP contribution in [0.3, 0.4) is 0 Å². The number of methoxy groups -OCH3 is 1. The Hall–Kier alpha value is -3.02. The van der Waals surface area contributed by atoms with Gasteiger partial charge in [-0.05, 0) is 37.3 Å². The SMILES string of the molecule is COc1ncccc1COc1ccc2oc(C)c(C(=O)O)c2c1. The maximum absolute atomic E-state index is 11.3. The highest BCUT2D eigenvalue weighted by atomic mass is 16.5. The monoisotopic (exact) mass is 313 g/mol. The number of carboxylic acid groups (broad SMARTS) is 1. The minimum atomic E-state index is -1.02. The second-order valence-corrected chi connectivity index (χ2v) is 4.96. The number of rotatable bonds is 5. The van der Waals surface area contributed by atoms with Gasteiger partial charge in [-0.3, -0.25) is 0 Å². The van der Waals surface area contributed by atoms with Gasteiger partial charge in [-0.1, -0.05) is 0 Å². The third-order valence-corrected chi connectivity index (χ3v) is 3.49. The lowest BCUT2D eigenvalue weighted by Crippen LogP contribution is -2.00. The number of hydrogen-bond donors (Lipinski definition) is 1. The highest BCUT2D eigenvalue weighted by molar-refractivity contribution is 6.03. The molecule has 0 saturated heterocycles. The molecular weight excluding hydrogens is 298 g/mol. The molecule has 0 amide bonds. The summed E-state index contributed by atoms with van der Waals surface area (Å²) in [6.45, 7) is 1.90. The number of benzene rings is 1. The topological polar surface area (TPSA) is 81.8 Å². The van der Waals surface area contributed by atoms with Crippen molar-refractivity contribution in [1.82, 2.24) is 4.98 Å². The Labute approximate surface area is 132 Å². The summed E-state index contributed by atoms with van der Waals surface area (Å²) < 4.78 is 16.4. The molecule has 0 radical (unpaired) electrons. The van der Waals surface area contributed by atoms with E-state index in [1.807, 2.05) is 6.07 Å². The zero-order valence-corrected chi connectivity index (χ0v) is 12.7. The van der Waals surface area contributed by atoms with Crippen molar-refractivity contribution in [2.45, 2.75) is 13.5 Å². The molecule has 6 nitrogen and oxygen atoms in total. The number of carboxylic acids is 1. The maximum atomic E-state index is 11.3. The molecule has 2 heterocycles. The van der Waals surface area contributed by atoms with Gasteiger partial charge in [0.05, 0.1) is 12.7 Å². The third-order valence-electron chi connectivity index (χ3n) is 3.49. The van der Waals surface area contributed by atoms with Crippen molar-refractivity contribution >= 4 is 16.9 Å². The van der Waals surface area contributed by atoms with Crippen LogP contribution in [0.25, 0.3) is 11.0 Å². The lowest BCUT2D eigenvalue weighted by Gasteiger charge is -2.09. The van der Waals surface area contributed by atoms with Crippen LogP contribution in [0, 0.1) is 6.92 Å². The minimum Gasteiger partial charge on any atom is -0.489 e. The van der Waals surface area contributed by atoms with E-state index >= 15 is 0 Å². The summed E-state index contributed by atoms with van der Waals surface area (Å²) in [5.41, 5.74) is 1.48. The Morgan fingerprint density at radius 3 is 2.91 bits per heavy atom. The molecule has 0 aliphatic carbocycles. The van der Waals surface area contributed by atoms with Crippen molar-refractivity contribution in [3.05, 3.63) is 53.4 Å². The minimum absolute atomic E-state index is 0.157. The number of furan rings is 1. The quantitative estimate of drug-likeness (QED) is 0.777. The van der Waals surface area contributed by atoms with Gasteiger partial charge < -0.3 is 19.0 Å². The van der Waals surface area contributed by atoms with Gasteiger partial charge in [-0.25, -0.2) is 9.78 Å². The van der Waals surface area contributed by atoms with Gasteiger partial charge in [0.1, 0.15) is 29.3 Å². The zero-order chi connectivity index (χ0) is 16.4. The highest BCUT2D eigenvalue weighted by Gasteiger charge is 2.18. The van der Waals surface area contributed by atoms with Crippen LogP contribution in [-0.2, 0) is 6.61 Å². The van der Waals surface area contributed by atoms with Crippen LogP contribution >= 0.6 is 0 Å². The molecule has 0 saturated carbocycles. The van der Waals surface area contributed by atoms with Crippen molar-refractivity contribution in [2.75, 3.05) is 7.11 Å². The van der Waals surface area contributed by atoms with Crippen LogP contribution in [-0.4, -0.2) is 23.2 Å². The molecule has 6 heteroatoms. The van der Waals surface area contributed by atoms with Crippen LogP contribution in [0.2, 0.25) is 0 Å². The fourth-order valence-corrected chi connectivity index (χ4v) is 2.43. The third kappa shape index (κ3) is 2.83. The van der Waals surface area contributed by atoms with Gasteiger partial charge in [-0.2, -0.15) is 0 Å². The molecule has 0 unspecified atom stereocenters. The molecule has 0 atom stereocenters. The van der Waals surface area contributed by atoms with Crippen molar-refractivity contribution in [2.24, 2.45) is 0 Å². The molecule has 3 rings (SSSR count). The molecule has 1 aromatic carbocycles. The summed E-state index contributed by atoms with van der Waals surface area (Å²) in [6.07, 6.45) is 1.64. The van der Waals surface area contributed by atoms with E-state index in [1.165, 1.54) is 0 Å². The van der Waals surface area contributed by atoms with E-state index in [0.29, 0.717) is 28.4 Å². The molecule has 0 aliphatic heterocycles. The van der Waals surface area contributed by atoms with E-state index in [9.17, 15) is 9.90 Å². The van der Waals surface area contributed by atoms with Crippen molar-refractivity contribution in [3.8, 4) is 11.6 Å². The van der Waals surface area contributed by atoms with Crippen LogP contribution in [0.1, 0.15) is 21.7 Å². The van der Waals surface area contributed by atoms with Crippen LogP contribution in [0.15, 0.2) is 40.9 Å². The standard InChI is InChI=1S/C17H15NO5/c1-10-15(17(19)20)13-8-12(5-6-14(13)23-10)22-9-11-4-3-7-18-16(11)21-2/h3-8H,9H2,1-2H3,(H,19,20). The Balaban J connectivity index is 1.89. The average molecular weight is 313 g/mol. The Morgan fingerprint density at radius 1 is 1.35 bits per heavy atom. The molecule has 118 valence electrons. The zero-order valence-electron chi connectivity index (χ0n) is 12.7. The largest absolute Gasteiger partial charge is 0.489 e. The number of aromatic nitrogens is 1. The molecule has 2 aromatic heterocycles. The summed E-state index contributed by atoms with van der Waals surface area (Å²) in [5, 5.41) is 9.81. The Morgan fingerprint density at radius 2 is 2.17 bits per heavy atom. The fraction of sp³-hybridized carbons (Fsp3) is 0.176. The molecule has 0 fully saturated rings. The molecule has 0 spiro atoms. The molecule has 1 N–H and O–H groups in total. The maximum Gasteiger partial charge on any atom is 0.339 e. The van der Waals surface area contributed by atoms with Gasteiger partial charge in [0.25, 0.3) is 0 Å². The summed E-state index contributed by atoms with van der Waals surface area (Å²) in [7, 11) is 1.55. The van der Waals surface area contributed by atoms with Crippen LogP contribution in [0.4, 0.5) is 0 Å². The summed E-state index contributed by atoms with van der Waals surface area (Å²) >= 11 is 0. The average Bonchev–Trinajstić information content (AvgIpc) is 2.88. The van der Waals surface area contributed by atoms with E-state index in [-0.39, 0.29) is 12.2 Å². The molecule has 3 aromatic rings. The van der Waals surface area contributed by atoms with Gasteiger partial charge in [0, 0.05) is 11.6 Å². The summed E-state index contributed by atoms with van der Waals surface area (Å²) in [4.78, 5) is 15.5. The van der Waals surface area contributed by atoms with Gasteiger partial charge in [0.15, 0.2) is 0 Å². The van der Waals surface area contributed by atoms with E-state index in [4.69, 9.17) is 13.9 Å². The normalized spacial score (nSPS) is 10.7. The predicted octanol–water partition coefficient (Wildman–Crippen LogP) is 3.42.